The number of fused-ring (bicyclic) bond motifs is 5. The summed E-state index contributed by atoms with van der Waals surface area (Å²) >= 11 is 0. The van der Waals surface area contributed by atoms with Gasteiger partial charge in [0.1, 0.15) is 11.5 Å². The second kappa shape index (κ2) is 12.1. The SMILES string of the molecule is O=C1C(c2ccccc2)=CC(=O)[C@@]2(c3ccccc3)[C@@H](C3=COc4ccc(O)cc4C3)C3=CC[C@@H]4C(=O)N(c5ccc([N+](=O)[O-])cc5)C(=O)[C@@H]4[C@@H]3C[C@@H]12. The number of ketones is 2. The van der Waals surface area contributed by atoms with Gasteiger partial charge in [0, 0.05) is 41.5 Å². The lowest BCUT2D eigenvalue weighted by molar-refractivity contribution is -0.384. The Balaban J connectivity index is 1.23. The summed E-state index contributed by atoms with van der Waals surface area (Å²) in [5.41, 5.74) is 2.49. The predicted molar refractivity (Wildman–Crippen MR) is 193 cm³/mol. The fraction of sp³-hybridized carbons (Fsp3) is 0.209. The minimum atomic E-state index is -1.40. The Morgan fingerprint density at radius 3 is 2.28 bits per heavy atom. The van der Waals surface area contributed by atoms with Crippen molar-refractivity contribution in [2.24, 2.45) is 29.6 Å². The Hall–Kier alpha value is -6.42. The predicted octanol–water partition coefficient (Wildman–Crippen LogP) is 6.68. The number of carbonyl (C=O) groups excluding carboxylic acids is 4. The van der Waals surface area contributed by atoms with Crippen LogP contribution < -0.4 is 9.64 Å². The fourth-order valence-electron chi connectivity index (χ4n) is 9.67. The number of nitro groups is 1. The highest BCUT2D eigenvalue weighted by Crippen LogP contribution is 2.63. The fourth-order valence-corrected chi connectivity index (χ4v) is 9.67. The number of hydrogen-bond acceptors (Lipinski definition) is 8. The van der Waals surface area contributed by atoms with Crippen molar-refractivity contribution in [2.45, 2.75) is 24.7 Å². The molecule has 1 saturated carbocycles. The van der Waals surface area contributed by atoms with Crippen molar-refractivity contribution in [3.05, 3.63) is 159 Å². The van der Waals surface area contributed by atoms with Crippen LogP contribution in [0.4, 0.5) is 11.4 Å². The summed E-state index contributed by atoms with van der Waals surface area (Å²) in [6, 6.07) is 28.6. The van der Waals surface area contributed by atoms with Gasteiger partial charge in [0.25, 0.3) is 5.69 Å². The minimum Gasteiger partial charge on any atom is -0.508 e. The summed E-state index contributed by atoms with van der Waals surface area (Å²) in [5, 5.41) is 21.8. The van der Waals surface area contributed by atoms with Crippen molar-refractivity contribution < 1.29 is 33.9 Å². The van der Waals surface area contributed by atoms with Crippen LogP contribution in [0.2, 0.25) is 0 Å². The molecule has 0 unspecified atom stereocenters. The lowest BCUT2D eigenvalue weighted by Gasteiger charge is -2.56. The standard InChI is InChI=1S/C43H32N2O8/c46-30-15-18-36-25(20-30)19-26(23-53-36)39-31-16-17-32-38(42(50)44(41(32)49)28-11-13-29(14-12-28)45(51)52)34(31)21-35-40(48)33(24-7-3-1-4-8-24)22-37(47)43(35,39)27-9-5-2-6-10-27/h1-16,18,20,22-23,32,34-35,38-39,46H,17,19,21H2/t32-,34+,35-,38-,39-,43-/m0/s1. The van der Waals surface area contributed by atoms with E-state index in [9.17, 15) is 24.8 Å². The van der Waals surface area contributed by atoms with Crippen LogP contribution in [0.25, 0.3) is 5.57 Å². The number of nitrogens with zero attached hydrogens (tertiary/aromatic N) is 2. The van der Waals surface area contributed by atoms with E-state index in [0.29, 0.717) is 40.0 Å². The van der Waals surface area contributed by atoms with Crippen LogP contribution in [0.15, 0.2) is 133 Å². The summed E-state index contributed by atoms with van der Waals surface area (Å²) < 4.78 is 6.17. The van der Waals surface area contributed by atoms with Gasteiger partial charge in [0.15, 0.2) is 11.6 Å². The molecule has 4 aromatic rings. The smallest absolute Gasteiger partial charge is 0.269 e. The molecular formula is C43H32N2O8. The van der Waals surface area contributed by atoms with Gasteiger partial charge in [-0.1, -0.05) is 72.3 Å². The summed E-state index contributed by atoms with van der Waals surface area (Å²) in [6.45, 7) is 0. The number of aromatic hydroxyl groups is 1. The molecule has 2 amide bonds. The number of anilines is 1. The third-order valence-corrected chi connectivity index (χ3v) is 11.8. The Morgan fingerprint density at radius 2 is 1.57 bits per heavy atom. The van der Waals surface area contributed by atoms with Crippen molar-refractivity contribution in [3.8, 4) is 11.5 Å². The first-order chi connectivity index (χ1) is 25.7. The number of ether oxygens (including phenoxy) is 1. The second-order valence-corrected chi connectivity index (χ2v) is 14.4. The molecule has 4 aromatic carbocycles. The zero-order valence-corrected chi connectivity index (χ0v) is 28.3. The van der Waals surface area contributed by atoms with E-state index in [1.165, 1.54) is 36.4 Å². The third kappa shape index (κ3) is 4.78. The van der Waals surface area contributed by atoms with Crippen LogP contribution in [0.3, 0.4) is 0 Å². The third-order valence-electron chi connectivity index (χ3n) is 11.8. The van der Waals surface area contributed by atoms with Crippen LogP contribution in [-0.4, -0.2) is 33.4 Å². The summed E-state index contributed by atoms with van der Waals surface area (Å²) in [6.07, 6.45) is 5.79. The molecule has 0 spiro atoms. The first kappa shape index (κ1) is 32.5. The number of imide groups is 1. The second-order valence-electron chi connectivity index (χ2n) is 14.4. The maximum absolute atomic E-state index is 15.2. The topological polar surface area (TPSA) is 144 Å². The minimum absolute atomic E-state index is 0.0613. The molecule has 2 fully saturated rings. The number of phenols is 1. The number of phenolic OH excluding ortho intramolecular Hbond substituents is 1. The number of benzene rings is 4. The highest BCUT2D eigenvalue weighted by Gasteiger charge is 2.66. The summed E-state index contributed by atoms with van der Waals surface area (Å²) in [4.78, 5) is 70.9. The number of amides is 2. The number of non-ortho nitro benzene ring substituents is 1. The molecule has 1 N–H and O–H groups in total. The quantitative estimate of drug-likeness (QED) is 0.105. The molecule has 1 saturated heterocycles. The molecule has 0 bridgehead atoms. The van der Waals surface area contributed by atoms with Crippen LogP contribution in [0.1, 0.15) is 29.5 Å². The molecule has 10 heteroatoms. The summed E-state index contributed by atoms with van der Waals surface area (Å²) in [7, 11) is 0. The van der Waals surface area contributed by atoms with E-state index in [2.05, 4.69) is 0 Å². The molecule has 10 nitrogen and oxygen atoms in total. The van der Waals surface area contributed by atoms with Gasteiger partial charge in [-0.3, -0.25) is 34.2 Å². The Bertz CT molecular complexity index is 2350. The van der Waals surface area contributed by atoms with Crippen molar-refractivity contribution in [2.75, 3.05) is 4.90 Å². The van der Waals surface area contributed by atoms with Gasteiger partial charge >= 0.3 is 0 Å². The van der Waals surface area contributed by atoms with Crippen LogP contribution in [0, 0.1) is 39.7 Å². The van der Waals surface area contributed by atoms with E-state index in [0.717, 1.165) is 10.5 Å². The molecular weight excluding hydrogens is 672 g/mol. The number of nitro benzene ring substituents is 1. The lowest BCUT2D eigenvalue weighted by atomic mass is 9.44. The van der Waals surface area contributed by atoms with Gasteiger partial charge in [-0.2, -0.15) is 0 Å². The van der Waals surface area contributed by atoms with Crippen molar-refractivity contribution >= 4 is 40.3 Å². The van der Waals surface area contributed by atoms with E-state index in [4.69, 9.17) is 4.74 Å². The monoisotopic (exact) mass is 704 g/mol. The molecule has 3 aliphatic carbocycles. The van der Waals surface area contributed by atoms with Crippen LogP contribution in [0.5, 0.6) is 11.5 Å². The van der Waals surface area contributed by atoms with Crippen molar-refractivity contribution in [1.29, 1.82) is 0 Å². The van der Waals surface area contributed by atoms with Crippen LogP contribution in [-0.2, 0) is 31.0 Å². The number of allylic oxidation sites excluding steroid dienone is 5. The largest absolute Gasteiger partial charge is 0.508 e. The van der Waals surface area contributed by atoms with Gasteiger partial charge in [-0.15, -0.1) is 0 Å². The molecule has 9 rings (SSSR count). The average Bonchev–Trinajstić information content (AvgIpc) is 3.44. The molecule has 0 aromatic heterocycles. The Labute approximate surface area is 303 Å². The number of rotatable bonds is 5. The highest BCUT2D eigenvalue weighted by molar-refractivity contribution is 6.31. The van der Waals surface area contributed by atoms with E-state index >= 15 is 9.59 Å². The van der Waals surface area contributed by atoms with Crippen molar-refractivity contribution in [3.63, 3.8) is 0 Å². The molecule has 53 heavy (non-hydrogen) atoms. The Morgan fingerprint density at radius 1 is 0.849 bits per heavy atom. The van der Waals surface area contributed by atoms with E-state index < -0.39 is 51.7 Å². The van der Waals surface area contributed by atoms with Gasteiger partial charge < -0.3 is 9.84 Å². The highest BCUT2D eigenvalue weighted by atomic mass is 16.6. The number of hydrogen-bond donors (Lipinski definition) is 1. The van der Waals surface area contributed by atoms with Crippen LogP contribution >= 0.6 is 0 Å². The lowest BCUT2D eigenvalue weighted by Crippen LogP contribution is -2.60. The molecule has 6 atom stereocenters. The zero-order valence-electron chi connectivity index (χ0n) is 28.3. The zero-order chi connectivity index (χ0) is 36.6. The molecule has 262 valence electrons. The first-order valence-corrected chi connectivity index (χ1v) is 17.6. The number of Topliss-reactive ketones (excluding diaryl/α,β-unsaturated/α-hetero) is 1. The molecule has 0 radical (unpaired) electrons. The maximum atomic E-state index is 15.2. The van der Waals surface area contributed by atoms with E-state index in [1.807, 2.05) is 54.6 Å². The summed E-state index contributed by atoms with van der Waals surface area (Å²) in [5.74, 6) is -4.44. The van der Waals surface area contributed by atoms with Gasteiger partial charge in [0.05, 0.1) is 34.1 Å². The molecule has 2 heterocycles. The van der Waals surface area contributed by atoms with E-state index in [1.54, 1.807) is 30.5 Å². The molecule has 5 aliphatic rings. The van der Waals surface area contributed by atoms with E-state index in [-0.39, 0.29) is 41.5 Å². The first-order valence-electron chi connectivity index (χ1n) is 17.6. The number of carbonyl (C=O) groups is 4. The normalized spacial score (nSPS) is 27.4. The van der Waals surface area contributed by atoms with Crippen molar-refractivity contribution in [1.82, 2.24) is 0 Å². The average molecular weight is 705 g/mol. The van der Waals surface area contributed by atoms with Gasteiger partial charge in [0.2, 0.25) is 11.8 Å². The Kier molecular flexibility index (Phi) is 7.41. The van der Waals surface area contributed by atoms with Gasteiger partial charge in [-0.25, -0.2) is 0 Å². The van der Waals surface area contributed by atoms with Gasteiger partial charge in [-0.05, 0) is 71.9 Å². The molecule has 2 aliphatic heterocycles. The maximum Gasteiger partial charge on any atom is 0.269 e.